The van der Waals surface area contributed by atoms with Crippen LogP contribution in [0.25, 0.3) is 0 Å². The summed E-state index contributed by atoms with van der Waals surface area (Å²) in [5, 5.41) is 13.1. The van der Waals surface area contributed by atoms with E-state index in [0.717, 1.165) is 13.0 Å². The maximum Gasteiger partial charge on any atom is 0.0679 e. The lowest BCUT2D eigenvalue weighted by atomic mass is 9.95. The third-order valence-electron chi connectivity index (χ3n) is 3.93. The summed E-state index contributed by atoms with van der Waals surface area (Å²) >= 11 is 0. The lowest BCUT2D eigenvalue weighted by Crippen LogP contribution is -2.54. The highest BCUT2D eigenvalue weighted by molar-refractivity contribution is 5.00. The van der Waals surface area contributed by atoms with Crippen molar-refractivity contribution < 1.29 is 14.6 Å². The first-order chi connectivity index (χ1) is 8.49. The van der Waals surface area contributed by atoms with Gasteiger partial charge in [0.15, 0.2) is 0 Å². The molecule has 4 nitrogen and oxygen atoms in total. The second kappa shape index (κ2) is 6.85. The number of hydrogen-bond donors (Lipinski definition) is 2. The van der Waals surface area contributed by atoms with Gasteiger partial charge in [-0.05, 0) is 45.6 Å². The van der Waals surface area contributed by atoms with Gasteiger partial charge >= 0.3 is 0 Å². The van der Waals surface area contributed by atoms with Gasteiger partial charge in [0.05, 0.1) is 24.4 Å². The molecule has 1 aliphatic carbocycles. The van der Waals surface area contributed by atoms with Crippen molar-refractivity contribution in [2.45, 2.75) is 51.2 Å². The van der Waals surface area contributed by atoms with Crippen LogP contribution in [0.15, 0.2) is 0 Å². The first-order valence-electron chi connectivity index (χ1n) is 6.98. The largest absolute Gasteiger partial charge is 0.394 e. The topological polar surface area (TPSA) is 50.7 Å². The van der Waals surface area contributed by atoms with Gasteiger partial charge in [0, 0.05) is 13.7 Å². The molecule has 1 saturated carbocycles. The molecule has 0 saturated heterocycles. The molecule has 0 amide bonds. The Kier molecular flexibility index (Phi) is 6.05. The van der Waals surface area contributed by atoms with E-state index >= 15 is 0 Å². The van der Waals surface area contributed by atoms with Crippen molar-refractivity contribution in [1.82, 2.24) is 5.32 Å². The number of nitrogens with one attached hydrogen (secondary N) is 1. The zero-order chi connectivity index (χ0) is 13.6. The minimum absolute atomic E-state index is 0.139. The smallest absolute Gasteiger partial charge is 0.0679 e. The number of methoxy groups -OCH3 is 1. The summed E-state index contributed by atoms with van der Waals surface area (Å²) in [6, 6.07) is 0. The van der Waals surface area contributed by atoms with Crippen LogP contribution in [0.4, 0.5) is 0 Å². The zero-order valence-electron chi connectivity index (χ0n) is 12.3. The fraction of sp³-hybridized carbons (Fsp3) is 1.00. The Morgan fingerprint density at radius 2 is 2.00 bits per heavy atom. The van der Waals surface area contributed by atoms with Gasteiger partial charge in [-0.3, -0.25) is 0 Å². The highest BCUT2D eigenvalue weighted by Gasteiger charge is 2.44. The lowest BCUT2D eigenvalue weighted by molar-refractivity contribution is -0.0277. The van der Waals surface area contributed by atoms with Crippen LogP contribution in [0.1, 0.15) is 40.0 Å². The average molecular weight is 259 g/mol. The van der Waals surface area contributed by atoms with Crippen molar-refractivity contribution in [2.24, 2.45) is 5.92 Å². The van der Waals surface area contributed by atoms with Gasteiger partial charge in [-0.25, -0.2) is 0 Å². The SMILES string of the molecule is CCNC(CO)(COCCC(C)(C)OC)C1CC1. The van der Waals surface area contributed by atoms with E-state index in [4.69, 9.17) is 9.47 Å². The number of aliphatic hydroxyl groups is 1. The molecule has 1 fully saturated rings. The molecular weight excluding hydrogens is 230 g/mol. The summed E-state index contributed by atoms with van der Waals surface area (Å²) in [7, 11) is 1.72. The van der Waals surface area contributed by atoms with Crippen molar-refractivity contribution in [1.29, 1.82) is 0 Å². The Labute approximate surface area is 111 Å². The molecule has 1 rings (SSSR count). The van der Waals surface area contributed by atoms with Crippen molar-refractivity contribution in [3.63, 3.8) is 0 Å². The summed E-state index contributed by atoms with van der Waals surface area (Å²) in [5.41, 5.74) is -0.369. The van der Waals surface area contributed by atoms with Crippen LogP contribution in [0.2, 0.25) is 0 Å². The average Bonchev–Trinajstić information content (AvgIpc) is 3.18. The lowest BCUT2D eigenvalue weighted by Gasteiger charge is -2.33. The Bertz CT molecular complexity index is 241. The Hall–Kier alpha value is -0.160. The van der Waals surface area contributed by atoms with Crippen LogP contribution in [-0.2, 0) is 9.47 Å². The minimum Gasteiger partial charge on any atom is -0.394 e. The van der Waals surface area contributed by atoms with E-state index in [2.05, 4.69) is 26.1 Å². The van der Waals surface area contributed by atoms with Gasteiger partial charge in [0.1, 0.15) is 0 Å². The van der Waals surface area contributed by atoms with E-state index in [9.17, 15) is 5.11 Å². The van der Waals surface area contributed by atoms with E-state index in [1.54, 1.807) is 7.11 Å². The molecule has 0 spiro atoms. The van der Waals surface area contributed by atoms with Crippen LogP contribution in [0.3, 0.4) is 0 Å². The van der Waals surface area contributed by atoms with E-state index in [1.165, 1.54) is 12.8 Å². The number of ether oxygens (including phenoxy) is 2. The van der Waals surface area contributed by atoms with E-state index in [1.807, 2.05) is 0 Å². The molecule has 18 heavy (non-hydrogen) atoms. The fourth-order valence-electron chi connectivity index (χ4n) is 2.21. The predicted molar refractivity (Wildman–Crippen MR) is 72.7 cm³/mol. The zero-order valence-corrected chi connectivity index (χ0v) is 12.3. The van der Waals surface area contributed by atoms with Crippen LogP contribution in [-0.4, -0.2) is 49.7 Å². The van der Waals surface area contributed by atoms with Gasteiger partial charge in [0.25, 0.3) is 0 Å². The van der Waals surface area contributed by atoms with Crippen molar-refractivity contribution >= 4 is 0 Å². The molecule has 0 aromatic rings. The molecule has 0 aromatic carbocycles. The Balaban J connectivity index is 2.34. The maximum atomic E-state index is 9.66. The molecule has 2 N–H and O–H groups in total. The number of aliphatic hydroxyl groups excluding tert-OH is 1. The second-order valence-corrected chi connectivity index (χ2v) is 5.89. The molecule has 0 aliphatic heterocycles. The number of likely N-dealkylation sites (N-methyl/N-ethyl adjacent to an activating group) is 1. The van der Waals surface area contributed by atoms with Crippen LogP contribution in [0, 0.1) is 5.92 Å². The third kappa shape index (κ3) is 4.50. The van der Waals surface area contributed by atoms with Crippen LogP contribution in [0.5, 0.6) is 0 Å². The normalized spacial score (nSPS) is 19.8. The summed E-state index contributed by atoms with van der Waals surface area (Å²) in [6.45, 7) is 8.45. The summed E-state index contributed by atoms with van der Waals surface area (Å²) in [6.07, 6.45) is 3.25. The molecule has 1 unspecified atom stereocenters. The highest BCUT2D eigenvalue weighted by atomic mass is 16.5. The highest BCUT2D eigenvalue weighted by Crippen LogP contribution is 2.39. The summed E-state index contributed by atoms with van der Waals surface area (Å²) in [4.78, 5) is 0. The van der Waals surface area contributed by atoms with Crippen LogP contribution >= 0.6 is 0 Å². The van der Waals surface area contributed by atoms with E-state index in [-0.39, 0.29) is 17.7 Å². The molecule has 0 radical (unpaired) electrons. The van der Waals surface area contributed by atoms with Gasteiger partial charge < -0.3 is 19.9 Å². The van der Waals surface area contributed by atoms with Crippen molar-refractivity contribution in [3.05, 3.63) is 0 Å². The summed E-state index contributed by atoms with van der Waals surface area (Å²) < 4.78 is 11.1. The molecule has 108 valence electrons. The predicted octanol–water partition coefficient (Wildman–Crippen LogP) is 1.57. The monoisotopic (exact) mass is 259 g/mol. The van der Waals surface area contributed by atoms with Crippen molar-refractivity contribution in [3.8, 4) is 0 Å². The third-order valence-corrected chi connectivity index (χ3v) is 3.93. The quantitative estimate of drug-likeness (QED) is 0.585. The standard InChI is InChI=1S/C14H29NO3/c1-5-15-14(10-16,12-6-7-12)11-18-9-8-13(2,3)17-4/h12,15-16H,5-11H2,1-4H3. The molecule has 0 bridgehead atoms. The molecule has 1 atom stereocenters. The molecule has 0 aromatic heterocycles. The molecule has 0 heterocycles. The first-order valence-corrected chi connectivity index (χ1v) is 6.98. The minimum atomic E-state index is -0.230. The van der Waals surface area contributed by atoms with Crippen LogP contribution < -0.4 is 5.32 Å². The van der Waals surface area contributed by atoms with Gasteiger partial charge in [-0.2, -0.15) is 0 Å². The van der Waals surface area contributed by atoms with Gasteiger partial charge in [-0.1, -0.05) is 6.92 Å². The maximum absolute atomic E-state index is 9.66. The van der Waals surface area contributed by atoms with Crippen molar-refractivity contribution in [2.75, 3.05) is 33.5 Å². The fourth-order valence-corrected chi connectivity index (χ4v) is 2.21. The Morgan fingerprint density at radius 3 is 2.44 bits per heavy atom. The second-order valence-electron chi connectivity index (χ2n) is 5.89. The molecule has 1 aliphatic rings. The van der Waals surface area contributed by atoms with E-state index < -0.39 is 0 Å². The molecule has 4 heteroatoms. The van der Waals surface area contributed by atoms with Gasteiger partial charge in [-0.15, -0.1) is 0 Å². The van der Waals surface area contributed by atoms with E-state index in [0.29, 0.717) is 19.1 Å². The molecular formula is C14H29NO3. The van der Waals surface area contributed by atoms with Gasteiger partial charge in [0.2, 0.25) is 0 Å². The number of hydrogen-bond acceptors (Lipinski definition) is 4. The Morgan fingerprint density at radius 1 is 1.33 bits per heavy atom. The first kappa shape index (κ1) is 15.9. The number of rotatable bonds is 10. The summed E-state index contributed by atoms with van der Waals surface area (Å²) in [5.74, 6) is 0.567.